The van der Waals surface area contributed by atoms with E-state index in [-0.39, 0.29) is 18.3 Å². The van der Waals surface area contributed by atoms with Crippen LogP contribution in [0.1, 0.15) is 18.5 Å². The molecule has 0 spiro atoms. The fourth-order valence-electron chi connectivity index (χ4n) is 1.43. The maximum absolute atomic E-state index is 11.2. The van der Waals surface area contributed by atoms with Crippen LogP contribution in [0.3, 0.4) is 0 Å². The molecular weight excluding hydrogens is 234 g/mol. The topological polar surface area (TPSA) is 78.1 Å². The second-order valence-electron chi connectivity index (χ2n) is 3.66. The van der Waals surface area contributed by atoms with Crippen molar-refractivity contribution in [3.8, 4) is 11.5 Å². The first kappa shape index (κ1) is 12.2. The van der Waals surface area contributed by atoms with Crippen LogP contribution in [0.25, 0.3) is 11.5 Å². The molecule has 2 heterocycles. The number of carbonyl (C=O) groups excluding carboxylic acids is 1. The molecule has 18 heavy (non-hydrogen) atoms. The quantitative estimate of drug-likeness (QED) is 0.763. The summed E-state index contributed by atoms with van der Waals surface area (Å²) in [5, 5.41) is 3.78. The summed E-state index contributed by atoms with van der Waals surface area (Å²) >= 11 is 0. The molecule has 0 bridgehead atoms. The highest BCUT2D eigenvalue weighted by Crippen LogP contribution is 2.13. The summed E-state index contributed by atoms with van der Waals surface area (Å²) in [6.45, 7) is 3.95. The van der Waals surface area contributed by atoms with Crippen molar-refractivity contribution in [3.63, 3.8) is 0 Å². The molecule has 0 aromatic carbocycles. The first-order chi connectivity index (χ1) is 8.69. The van der Waals surface area contributed by atoms with Crippen molar-refractivity contribution in [2.75, 3.05) is 6.61 Å². The van der Waals surface area contributed by atoms with Crippen molar-refractivity contribution >= 4 is 5.97 Å². The maximum Gasteiger partial charge on any atom is 0.315 e. The predicted octanol–water partition coefficient (Wildman–Crippen LogP) is 1.55. The van der Waals surface area contributed by atoms with Gasteiger partial charge < -0.3 is 9.26 Å². The molecule has 94 valence electrons. The average Bonchev–Trinajstić information content (AvgIpc) is 2.78. The molecule has 2 aromatic rings. The van der Waals surface area contributed by atoms with E-state index in [1.165, 1.54) is 0 Å². The molecule has 2 aromatic heterocycles. The maximum atomic E-state index is 11.2. The van der Waals surface area contributed by atoms with Crippen LogP contribution >= 0.6 is 0 Å². The molecule has 0 amide bonds. The zero-order valence-electron chi connectivity index (χ0n) is 10.2. The number of pyridine rings is 1. The second-order valence-corrected chi connectivity index (χ2v) is 3.66. The van der Waals surface area contributed by atoms with Gasteiger partial charge in [-0.25, -0.2) is 4.98 Å². The smallest absolute Gasteiger partial charge is 0.315 e. The van der Waals surface area contributed by atoms with E-state index in [4.69, 9.17) is 9.26 Å². The van der Waals surface area contributed by atoms with Gasteiger partial charge in [0.1, 0.15) is 12.1 Å². The van der Waals surface area contributed by atoms with Gasteiger partial charge >= 0.3 is 5.97 Å². The van der Waals surface area contributed by atoms with Crippen LogP contribution in [0.2, 0.25) is 0 Å². The van der Waals surface area contributed by atoms with Crippen molar-refractivity contribution in [2.24, 2.45) is 0 Å². The highest BCUT2D eigenvalue weighted by molar-refractivity contribution is 5.71. The lowest BCUT2D eigenvalue weighted by atomic mass is 10.3. The predicted molar refractivity (Wildman–Crippen MR) is 62.6 cm³/mol. The van der Waals surface area contributed by atoms with Gasteiger partial charge in [0, 0.05) is 5.69 Å². The standard InChI is InChI=1S/C12H13N3O3/c1-3-17-11(16)7-10-14-12(15-18-10)9-6-4-5-8(2)13-9/h4-6H,3,7H2,1-2H3. The average molecular weight is 247 g/mol. The Morgan fingerprint density at radius 1 is 1.39 bits per heavy atom. The number of esters is 1. The van der Waals surface area contributed by atoms with Crippen molar-refractivity contribution in [3.05, 3.63) is 29.8 Å². The molecule has 2 rings (SSSR count). The lowest BCUT2D eigenvalue weighted by molar-refractivity contribution is -0.142. The molecule has 0 aliphatic heterocycles. The Bertz CT molecular complexity index is 551. The van der Waals surface area contributed by atoms with E-state index in [0.29, 0.717) is 18.1 Å². The van der Waals surface area contributed by atoms with Gasteiger partial charge in [0.25, 0.3) is 0 Å². The number of carbonyl (C=O) groups is 1. The minimum Gasteiger partial charge on any atom is -0.466 e. The van der Waals surface area contributed by atoms with E-state index in [1.54, 1.807) is 13.0 Å². The minimum atomic E-state index is -0.384. The van der Waals surface area contributed by atoms with Gasteiger partial charge in [-0.3, -0.25) is 4.79 Å². The number of hydrogen-bond acceptors (Lipinski definition) is 6. The lowest BCUT2D eigenvalue weighted by Crippen LogP contribution is -2.07. The number of aryl methyl sites for hydroxylation is 1. The highest BCUT2D eigenvalue weighted by atomic mass is 16.5. The molecule has 0 atom stereocenters. The number of hydrogen-bond donors (Lipinski definition) is 0. The monoisotopic (exact) mass is 247 g/mol. The van der Waals surface area contributed by atoms with E-state index >= 15 is 0 Å². The normalized spacial score (nSPS) is 10.3. The summed E-state index contributed by atoms with van der Waals surface area (Å²) in [6.07, 6.45) is -0.0212. The van der Waals surface area contributed by atoms with Crippen LogP contribution in [0.4, 0.5) is 0 Å². The minimum absolute atomic E-state index is 0.0212. The van der Waals surface area contributed by atoms with Crippen LogP contribution in [0.5, 0.6) is 0 Å². The molecule has 0 N–H and O–H groups in total. The van der Waals surface area contributed by atoms with E-state index in [1.807, 2.05) is 19.1 Å². The summed E-state index contributed by atoms with van der Waals surface area (Å²) in [4.78, 5) is 19.6. The molecule has 0 aliphatic rings. The Kier molecular flexibility index (Phi) is 3.66. The van der Waals surface area contributed by atoms with Crippen molar-refractivity contribution in [1.82, 2.24) is 15.1 Å². The van der Waals surface area contributed by atoms with E-state index in [2.05, 4.69) is 15.1 Å². The van der Waals surface area contributed by atoms with Crippen molar-refractivity contribution < 1.29 is 14.1 Å². The SMILES string of the molecule is CCOC(=O)Cc1nc(-c2cccc(C)n2)no1. The Morgan fingerprint density at radius 3 is 2.94 bits per heavy atom. The zero-order chi connectivity index (χ0) is 13.0. The molecule has 0 fully saturated rings. The summed E-state index contributed by atoms with van der Waals surface area (Å²) in [7, 11) is 0. The second kappa shape index (κ2) is 5.39. The van der Waals surface area contributed by atoms with Gasteiger partial charge in [-0.05, 0) is 26.0 Å². The van der Waals surface area contributed by atoms with Gasteiger partial charge in [0.15, 0.2) is 0 Å². The summed E-state index contributed by atoms with van der Waals surface area (Å²) in [6, 6.07) is 5.52. The summed E-state index contributed by atoms with van der Waals surface area (Å²) < 4.78 is 9.77. The third-order valence-corrected chi connectivity index (χ3v) is 2.19. The Balaban J connectivity index is 2.13. The van der Waals surface area contributed by atoms with Gasteiger partial charge in [-0.1, -0.05) is 11.2 Å². The zero-order valence-corrected chi connectivity index (χ0v) is 10.2. The molecule has 6 heteroatoms. The molecule has 6 nitrogen and oxygen atoms in total. The summed E-state index contributed by atoms with van der Waals surface area (Å²) in [5.74, 6) is 0.217. The van der Waals surface area contributed by atoms with Gasteiger partial charge in [-0.2, -0.15) is 4.98 Å². The van der Waals surface area contributed by atoms with Crippen LogP contribution in [0, 0.1) is 6.92 Å². The van der Waals surface area contributed by atoms with Gasteiger partial charge in [-0.15, -0.1) is 0 Å². The number of nitrogens with zero attached hydrogens (tertiary/aromatic N) is 3. The molecule has 0 unspecified atom stereocenters. The lowest BCUT2D eigenvalue weighted by Gasteiger charge is -1.96. The number of rotatable bonds is 4. The largest absolute Gasteiger partial charge is 0.466 e. The Morgan fingerprint density at radius 2 is 2.22 bits per heavy atom. The molecule has 0 saturated heterocycles. The number of aromatic nitrogens is 3. The molecule has 0 saturated carbocycles. The van der Waals surface area contributed by atoms with Crippen LogP contribution in [0.15, 0.2) is 22.7 Å². The highest BCUT2D eigenvalue weighted by Gasteiger charge is 2.13. The first-order valence-corrected chi connectivity index (χ1v) is 5.61. The number of ether oxygens (including phenoxy) is 1. The van der Waals surface area contributed by atoms with E-state index in [9.17, 15) is 4.79 Å². The molecule has 0 aliphatic carbocycles. The molecular formula is C12H13N3O3. The van der Waals surface area contributed by atoms with Crippen molar-refractivity contribution in [2.45, 2.75) is 20.3 Å². The van der Waals surface area contributed by atoms with E-state index in [0.717, 1.165) is 5.69 Å². The van der Waals surface area contributed by atoms with Gasteiger partial charge in [0.05, 0.1) is 6.61 Å². The van der Waals surface area contributed by atoms with Crippen molar-refractivity contribution in [1.29, 1.82) is 0 Å². The van der Waals surface area contributed by atoms with Crippen LogP contribution in [-0.2, 0) is 16.0 Å². The fraction of sp³-hybridized carbons (Fsp3) is 0.333. The fourth-order valence-corrected chi connectivity index (χ4v) is 1.43. The van der Waals surface area contributed by atoms with Gasteiger partial charge in [0.2, 0.25) is 11.7 Å². The summed E-state index contributed by atoms with van der Waals surface area (Å²) in [5.41, 5.74) is 1.48. The molecule has 0 radical (unpaired) electrons. The first-order valence-electron chi connectivity index (χ1n) is 5.61. The van der Waals surface area contributed by atoms with Crippen LogP contribution in [-0.4, -0.2) is 27.7 Å². The van der Waals surface area contributed by atoms with E-state index < -0.39 is 0 Å². The van der Waals surface area contributed by atoms with Crippen LogP contribution < -0.4 is 0 Å². The third kappa shape index (κ3) is 2.91. The third-order valence-electron chi connectivity index (χ3n) is 2.19. The Hall–Kier alpha value is -2.24. The Labute approximate surface area is 104 Å².